The van der Waals surface area contributed by atoms with Crippen LogP contribution in [-0.2, 0) is 7.05 Å². The molecule has 9 nitrogen and oxygen atoms in total. The maximum absolute atomic E-state index is 13.0. The molecule has 0 bridgehead atoms. The molecule has 0 aliphatic carbocycles. The molecule has 2 aliphatic rings. The van der Waals surface area contributed by atoms with E-state index in [4.69, 9.17) is 5.73 Å². The number of nitrogens with two attached hydrogens (primary N) is 1. The number of carbonyl (C=O) groups excluding carboxylic acids is 2. The number of hydrogen-bond donors (Lipinski definition) is 2. The van der Waals surface area contributed by atoms with E-state index in [2.05, 4.69) is 15.4 Å². The van der Waals surface area contributed by atoms with Crippen molar-refractivity contribution < 1.29 is 9.59 Å². The van der Waals surface area contributed by atoms with Crippen LogP contribution < -0.4 is 11.1 Å². The molecule has 1 aromatic carbocycles. The van der Waals surface area contributed by atoms with Crippen molar-refractivity contribution in [3.63, 3.8) is 0 Å². The number of carbonyl (C=O) groups is 2. The minimum atomic E-state index is -0.417. The molecule has 1 fully saturated rings. The van der Waals surface area contributed by atoms with Gasteiger partial charge in [0.2, 0.25) is 0 Å². The molecule has 1 atom stereocenters. The number of nitrogens with one attached hydrogen (secondary N) is 1. The second-order valence-electron chi connectivity index (χ2n) is 7.80. The Morgan fingerprint density at radius 1 is 1.25 bits per heavy atom. The lowest BCUT2D eigenvalue weighted by molar-refractivity contribution is 0.0647. The van der Waals surface area contributed by atoms with Gasteiger partial charge in [-0.15, -0.1) is 0 Å². The van der Waals surface area contributed by atoms with Gasteiger partial charge in [-0.2, -0.15) is 5.10 Å². The maximum Gasteiger partial charge on any atom is 0.275 e. The van der Waals surface area contributed by atoms with E-state index in [0.717, 1.165) is 18.4 Å². The molecule has 3 N–H and O–H groups in total. The summed E-state index contributed by atoms with van der Waals surface area (Å²) in [6, 6.07) is 9.68. The van der Waals surface area contributed by atoms with Crippen LogP contribution in [0, 0.1) is 0 Å². The summed E-state index contributed by atoms with van der Waals surface area (Å²) in [4.78, 5) is 33.6. The minimum Gasteiger partial charge on any atom is -0.397 e. The number of benzene rings is 1. The molecule has 0 spiro atoms. The molecular weight excluding hydrogens is 406 g/mol. The molecule has 2 amide bonds. The van der Waals surface area contributed by atoms with E-state index in [-0.39, 0.29) is 17.6 Å². The van der Waals surface area contributed by atoms with Crippen molar-refractivity contribution in [3.8, 4) is 0 Å². The van der Waals surface area contributed by atoms with Crippen molar-refractivity contribution in [1.29, 1.82) is 0 Å². The normalized spacial score (nSPS) is 18.2. The lowest BCUT2D eigenvalue weighted by atomic mass is 10.1. The van der Waals surface area contributed by atoms with Gasteiger partial charge < -0.3 is 20.9 Å². The van der Waals surface area contributed by atoms with Crippen molar-refractivity contribution in [2.24, 2.45) is 17.8 Å². The molecule has 1 unspecified atom stereocenters. The minimum absolute atomic E-state index is 0.0289. The summed E-state index contributed by atoms with van der Waals surface area (Å²) in [5, 5.41) is 6.93. The topological polar surface area (TPSA) is 109 Å². The third-order valence-corrected chi connectivity index (χ3v) is 5.65. The van der Waals surface area contributed by atoms with Gasteiger partial charge >= 0.3 is 0 Å². The second kappa shape index (κ2) is 9.09. The average molecular weight is 434 g/mol. The zero-order valence-electron chi connectivity index (χ0n) is 18.2. The number of aliphatic imine (C=N–C) groups is 1. The third kappa shape index (κ3) is 4.27. The van der Waals surface area contributed by atoms with E-state index in [1.807, 2.05) is 54.4 Å². The molecule has 0 saturated carbocycles. The number of rotatable bonds is 6. The molecule has 2 aliphatic heterocycles. The van der Waals surface area contributed by atoms with E-state index >= 15 is 0 Å². The Morgan fingerprint density at radius 2 is 2.00 bits per heavy atom. The fraction of sp³-hybridized carbons (Fsp3) is 0.304. The molecule has 4 rings (SSSR count). The van der Waals surface area contributed by atoms with Crippen LogP contribution in [0.15, 0.2) is 59.6 Å². The van der Waals surface area contributed by atoms with Gasteiger partial charge in [0.15, 0.2) is 0 Å². The first-order valence-electron chi connectivity index (χ1n) is 10.7. The predicted molar refractivity (Wildman–Crippen MR) is 122 cm³/mol. The van der Waals surface area contributed by atoms with E-state index in [1.54, 1.807) is 18.3 Å². The molecule has 0 radical (unpaired) electrons. The fourth-order valence-corrected chi connectivity index (χ4v) is 3.65. The smallest absolute Gasteiger partial charge is 0.275 e. The van der Waals surface area contributed by atoms with Gasteiger partial charge in [0.1, 0.15) is 11.5 Å². The van der Waals surface area contributed by atoms with Gasteiger partial charge in [0.05, 0.1) is 29.8 Å². The van der Waals surface area contributed by atoms with Crippen LogP contribution in [0.25, 0.3) is 5.70 Å². The third-order valence-electron chi connectivity index (χ3n) is 5.65. The largest absolute Gasteiger partial charge is 0.397 e. The van der Waals surface area contributed by atoms with Gasteiger partial charge in [-0.3, -0.25) is 14.3 Å². The Balaban J connectivity index is 1.49. The fourth-order valence-electron chi connectivity index (χ4n) is 3.65. The standard InChI is InChI=1S/C23H27N7O2/c1-3-17-12-20(25-15-30(17)14-19(24)16-8-5-4-6-9-16)27-22(31)21-18(13-26-28(21)2)23(32)29-10-7-11-29/h4-6,8-9,12-15,17H,3,7,10-11,24H2,1-2H3,(H,27,31)/b19-14-. The SMILES string of the molecule is CCC1C=C(NC(=O)c2c(C(=O)N3CCC3)cnn2C)N=CN1/C=C(\N)c1ccccc1. The highest BCUT2D eigenvalue weighted by atomic mass is 16.2. The first-order chi connectivity index (χ1) is 15.5. The molecule has 32 heavy (non-hydrogen) atoms. The van der Waals surface area contributed by atoms with Crippen LogP contribution in [0.5, 0.6) is 0 Å². The van der Waals surface area contributed by atoms with E-state index < -0.39 is 5.91 Å². The van der Waals surface area contributed by atoms with Crippen LogP contribution in [-0.4, -0.2) is 56.9 Å². The van der Waals surface area contributed by atoms with Crippen LogP contribution in [0.4, 0.5) is 0 Å². The highest BCUT2D eigenvalue weighted by Gasteiger charge is 2.29. The van der Waals surface area contributed by atoms with Gasteiger partial charge in [0.25, 0.3) is 11.8 Å². The lowest BCUT2D eigenvalue weighted by Gasteiger charge is -2.30. The Bertz CT molecular complexity index is 1100. The zero-order chi connectivity index (χ0) is 22.7. The van der Waals surface area contributed by atoms with Crippen molar-refractivity contribution in [2.45, 2.75) is 25.8 Å². The summed E-state index contributed by atoms with van der Waals surface area (Å²) >= 11 is 0. The van der Waals surface area contributed by atoms with Crippen LogP contribution >= 0.6 is 0 Å². The average Bonchev–Trinajstić information content (AvgIpc) is 3.15. The summed E-state index contributed by atoms with van der Waals surface area (Å²) in [5.74, 6) is -0.164. The van der Waals surface area contributed by atoms with E-state index in [9.17, 15) is 9.59 Å². The molecule has 166 valence electrons. The van der Waals surface area contributed by atoms with E-state index in [0.29, 0.717) is 30.2 Å². The number of likely N-dealkylation sites (tertiary alicyclic amines) is 1. The highest BCUT2D eigenvalue weighted by molar-refractivity contribution is 6.06. The van der Waals surface area contributed by atoms with Crippen molar-refractivity contribution >= 4 is 23.8 Å². The Hall–Kier alpha value is -3.88. The monoisotopic (exact) mass is 433 g/mol. The molecule has 2 aromatic rings. The predicted octanol–water partition coefficient (Wildman–Crippen LogP) is 1.92. The first kappa shape index (κ1) is 21.4. The van der Waals surface area contributed by atoms with Crippen LogP contribution in [0.1, 0.15) is 46.2 Å². The molecule has 3 heterocycles. The summed E-state index contributed by atoms with van der Waals surface area (Å²) in [6.45, 7) is 3.46. The molecule has 1 saturated heterocycles. The number of aromatic nitrogens is 2. The number of amides is 2. The highest BCUT2D eigenvalue weighted by Crippen LogP contribution is 2.19. The van der Waals surface area contributed by atoms with Gasteiger partial charge in [-0.1, -0.05) is 37.3 Å². The van der Waals surface area contributed by atoms with Crippen molar-refractivity contribution in [3.05, 3.63) is 71.4 Å². The van der Waals surface area contributed by atoms with Gasteiger partial charge in [-0.05, 0) is 24.5 Å². The Morgan fingerprint density at radius 3 is 2.66 bits per heavy atom. The summed E-state index contributed by atoms with van der Waals surface area (Å²) < 4.78 is 1.42. The summed E-state index contributed by atoms with van der Waals surface area (Å²) in [6.07, 6.45) is 8.57. The molecule has 9 heteroatoms. The number of aryl methyl sites for hydroxylation is 1. The van der Waals surface area contributed by atoms with Crippen LogP contribution in [0.3, 0.4) is 0 Å². The van der Waals surface area contributed by atoms with Crippen LogP contribution in [0.2, 0.25) is 0 Å². The molecular formula is C23H27N7O2. The summed E-state index contributed by atoms with van der Waals surface area (Å²) in [5.41, 5.74) is 8.32. The quantitative estimate of drug-likeness (QED) is 0.723. The van der Waals surface area contributed by atoms with Gasteiger partial charge in [0, 0.05) is 26.3 Å². The van der Waals surface area contributed by atoms with Crippen molar-refractivity contribution in [1.82, 2.24) is 24.9 Å². The first-order valence-corrected chi connectivity index (χ1v) is 10.7. The molecule has 1 aromatic heterocycles. The van der Waals surface area contributed by atoms with Gasteiger partial charge in [-0.25, -0.2) is 4.99 Å². The van der Waals surface area contributed by atoms with Crippen molar-refractivity contribution in [2.75, 3.05) is 13.1 Å². The number of nitrogens with zero attached hydrogens (tertiary/aromatic N) is 5. The maximum atomic E-state index is 13.0. The Labute approximate surface area is 186 Å². The lowest BCUT2D eigenvalue weighted by Crippen LogP contribution is -2.43. The summed E-state index contributed by atoms with van der Waals surface area (Å²) in [7, 11) is 1.65. The number of hydrogen-bond acceptors (Lipinski definition) is 6. The van der Waals surface area contributed by atoms with E-state index in [1.165, 1.54) is 10.9 Å². The second-order valence-corrected chi connectivity index (χ2v) is 7.80. The Kier molecular flexibility index (Phi) is 6.07. The zero-order valence-corrected chi connectivity index (χ0v) is 18.2.